The third kappa shape index (κ3) is 25.8. The monoisotopic (exact) mass is 1520 g/mol. The number of hydrogen-bond donors (Lipinski definition) is 0. The number of nitrogens with zero attached hydrogens (tertiary/aromatic N) is 4. The van der Waals surface area contributed by atoms with Gasteiger partial charge in [0.15, 0.2) is 0 Å². The molecular formula is C95H146N4O3S4. The van der Waals surface area contributed by atoms with E-state index in [1.165, 1.54) is 268 Å². The lowest BCUT2D eigenvalue weighted by molar-refractivity contribution is -0.124. The van der Waals surface area contributed by atoms with Crippen molar-refractivity contribution >= 4 is 96.2 Å². The van der Waals surface area contributed by atoms with Crippen molar-refractivity contribution in [1.29, 1.82) is 0 Å². The minimum absolute atomic E-state index is 0.0224. The van der Waals surface area contributed by atoms with Crippen LogP contribution in [-0.2, 0) is 21.5 Å². The van der Waals surface area contributed by atoms with Gasteiger partial charge in [0.1, 0.15) is 11.6 Å². The zero-order chi connectivity index (χ0) is 75.7. The second-order valence-corrected chi connectivity index (χ2v) is 39.0. The van der Waals surface area contributed by atoms with E-state index in [1.54, 1.807) is 22.7 Å². The topological polar surface area (TPSA) is 67.7 Å². The number of aryl methyl sites for hydroxylation is 1. The number of carbonyl (C=O) groups excluding carboxylic acids is 2. The molecule has 0 radical (unpaired) electrons. The molecular weight excluding hydrogens is 1370 g/mol. The van der Waals surface area contributed by atoms with Crippen LogP contribution in [0.3, 0.4) is 0 Å². The maximum absolute atomic E-state index is 16.4. The third-order valence-corrected chi connectivity index (χ3v) is 27.8. The van der Waals surface area contributed by atoms with E-state index >= 15 is 9.59 Å². The summed E-state index contributed by atoms with van der Waals surface area (Å²) in [5.41, 5.74) is 7.38. The Labute approximate surface area is 663 Å². The average Bonchev–Trinajstić information content (AvgIpc) is 1.56. The van der Waals surface area contributed by atoms with Crippen molar-refractivity contribution < 1.29 is 14.3 Å². The van der Waals surface area contributed by atoms with Crippen LogP contribution < -0.4 is 4.74 Å². The predicted molar refractivity (Wildman–Crippen MR) is 470 cm³/mol. The van der Waals surface area contributed by atoms with Gasteiger partial charge in [-0.2, -0.15) is 0 Å². The number of rotatable bonds is 57. The van der Waals surface area contributed by atoms with Crippen molar-refractivity contribution in [3.8, 4) is 26.9 Å². The van der Waals surface area contributed by atoms with E-state index in [1.807, 2.05) is 23.1 Å². The Morgan fingerprint density at radius 2 is 0.877 bits per heavy atom. The SMILES string of the molecule is C=Cc1c(SC(C)(C)C)c2sc(-c3ccc(C4=C5C(=O)N(CC(CCCCCC)CCCCCCCC)C(c6ccc(C(C)(C)C)s6)=C5C(=O)N4CC(CCCCCC)CCCCCCCC)s3)cc2c2nc(-c3ccc(OCCCCCCCCCCCC)cc3)n(CCCCCCCCCCCC)c12. The Bertz CT molecular complexity index is 3630. The van der Waals surface area contributed by atoms with Crippen molar-refractivity contribution in [3.05, 3.63) is 92.5 Å². The number of benzene rings is 2. The molecule has 6 aromatic rings. The number of thiophene rings is 3. The molecule has 0 aliphatic carbocycles. The van der Waals surface area contributed by atoms with Gasteiger partial charge in [-0.05, 0) is 110 Å². The van der Waals surface area contributed by atoms with Gasteiger partial charge in [-0.1, -0.05) is 340 Å². The van der Waals surface area contributed by atoms with Gasteiger partial charge in [0.05, 0.1) is 54.6 Å². The van der Waals surface area contributed by atoms with Gasteiger partial charge in [-0.25, -0.2) is 4.98 Å². The van der Waals surface area contributed by atoms with E-state index in [0.717, 1.165) is 112 Å². The second kappa shape index (κ2) is 46.4. The van der Waals surface area contributed by atoms with E-state index < -0.39 is 0 Å². The lowest BCUT2D eigenvalue weighted by atomic mass is 9.93. The molecule has 0 saturated heterocycles. The minimum atomic E-state index is -0.0890. The second-order valence-electron chi connectivity index (χ2n) is 33.9. The largest absolute Gasteiger partial charge is 0.494 e. The smallest absolute Gasteiger partial charge is 0.261 e. The number of fused-ring (bicyclic) bond motifs is 4. The van der Waals surface area contributed by atoms with Gasteiger partial charge in [-0.3, -0.25) is 9.59 Å². The molecule has 0 fully saturated rings. The maximum Gasteiger partial charge on any atom is 0.261 e. The highest BCUT2D eigenvalue weighted by Crippen LogP contribution is 2.54. The van der Waals surface area contributed by atoms with Crippen LogP contribution >= 0.6 is 45.8 Å². The summed E-state index contributed by atoms with van der Waals surface area (Å²) in [6.45, 7) is 35.2. The number of carbonyl (C=O) groups is 2. The third-order valence-electron chi connectivity index (χ3n) is 22.5. The van der Waals surface area contributed by atoms with Crippen LogP contribution in [0.15, 0.2) is 77.2 Å². The van der Waals surface area contributed by atoms with E-state index in [2.05, 4.69) is 165 Å². The standard InChI is InChI=1S/C95H146N4O3S4/c1-14-21-27-33-37-39-41-43-47-53-67-97-86-76(20-7)90(106-95(11,12)13)89-77(85(86)96-91(97)74-59-61-75(62-60-74)102-68-54-48-44-42-40-38-34-28-22-15-2)69-81(105-89)78-63-64-79(103-78)87-83-84(93(101)98(87)70-72(55-49-31-25-18-5)57-51-45-35-29-23-16-3)88(80-65-66-82(104-80)94(8,9)10)99(92(83)100)71-73(56-50-32-26-19-6)58-52-46-36-30-24-17-4/h20,59-66,69,72-73H,7,14-19,21-58,67-68,70-71H2,1-6,8-13H3. The Morgan fingerprint density at radius 3 is 1.31 bits per heavy atom. The Balaban J connectivity index is 1.23. The van der Waals surface area contributed by atoms with Gasteiger partial charge < -0.3 is 19.1 Å². The van der Waals surface area contributed by atoms with Gasteiger partial charge in [-0.15, -0.1) is 45.8 Å². The molecule has 7 nitrogen and oxygen atoms in total. The number of amides is 2. The fourth-order valence-corrected chi connectivity index (χ4v) is 21.1. The molecule has 106 heavy (non-hydrogen) atoms. The summed E-state index contributed by atoms with van der Waals surface area (Å²) >= 11 is 7.38. The van der Waals surface area contributed by atoms with E-state index in [-0.39, 0.29) is 22.0 Å². The van der Waals surface area contributed by atoms with Crippen LogP contribution in [0.5, 0.6) is 5.75 Å². The van der Waals surface area contributed by atoms with E-state index in [4.69, 9.17) is 9.72 Å². The molecule has 11 heteroatoms. The number of thioether (sulfide) groups is 1. The molecule has 0 saturated carbocycles. The number of unbranched alkanes of at least 4 members (excludes halogenated alkanes) is 34. The molecule has 2 aromatic carbocycles. The lowest BCUT2D eigenvalue weighted by Crippen LogP contribution is -2.34. The van der Waals surface area contributed by atoms with Crippen molar-refractivity contribution in [2.45, 2.75) is 387 Å². The summed E-state index contributed by atoms with van der Waals surface area (Å²) in [5.74, 6) is 2.65. The minimum Gasteiger partial charge on any atom is -0.494 e. The first-order chi connectivity index (χ1) is 51.5. The number of ether oxygens (including phenoxy) is 1. The summed E-state index contributed by atoms with van der Waals surface area (Å²) < 4.78 is 10.2. The Kier molecular flexibility index (Phi) is 38.2. The van der Waals surface area contributed by atoms with Crippen LogP contribution in [0, 0.1) is 11.8 Å². The van der Waals surface area contributed by atoms with Crippen molar-refractivity contribution in [2.24, 2.45) is 11.8 Å². The molecule has 6 heterocycles. The van der Waals surface area contributed by atoms with Crippen molar-refractivity contribution in [3.63, 3.8) is 0 Å². The van der Waals surface area contributed by atoms with Crippen LogP contribution in [0.2, 0.25) is 0 Å². The summed E-state index contributed by atoms with van der Waals surface area (Å²) in [4.78, 5) is 49.9. The molecule has 2 unspecified atom stereocenters. The van der Waals surface area contributed by atoms with Crippen molar-refractivity contribution in [2.75, 3.05) is 19.7 Å². The zero-order valence-corrected chi connectivity index (χ0v) is 72.5. The summed E-state index contributed by atoms with van der Waals surface area (Å²) in [5, 5.41) is 1.18. The molecule has 2 amide bonds. The molecule has 2 aliphatic rings. The fourth-order valence-electron chi connectivity index (χ4n) is 16.3. The molecule has 0 spiro atoms. The number of aromatic nitrogens is 2. The highest BCUT2D eigenvalue weighted by molar-refractivity contribution is 8.01. The predicted octanol–water partition coefficient (Wildman–Crippen LogP) is 31.2. The van der Waals surface area contributed by atoms with Crippen LogP contribution in [0.25, 0.3) is 59.7 Å². The van der Waals surface area contributed by atoms with Crippen molar-refractivity contribution in [1.82, 2.24) is 19.4 Å². The molecule has 8 rings (SSSR count). The molecule has 2 atom stereocenters. The first kappa shape index (κ1) is 87.2. The summed E-state index contributed by atoms with van der Waals surface area (Å²) in [6, 6.07) is 20.3. The van der Waals surface area contributed by atoms with E-state index in [0.29, 0.717) is 36.1 Å². The first-order valence-corrected chi connectivity index (χ1v) is 47.1. The van der Waals surface area contributed by atoms with Crippen LogP contribution in [0.1, 0.15) is 386 Å². The number of imidazole rings is 1. The highest BCUT2D eigenvalue weighted by Gasteiger charge is 2.50. The Morgan fingerprint density at radius 1 is 0.472 bits per heavy atom. The van der Waals surface area contributed by atoms with Gasteiger partial charge in [0, 0.05) is 60.4 Å². The van der Waals surface area contributed by atoms with Gasteiger partial charge in [0.25, 0.3) is 11.8 Å². The number of hydrogen-bond acceptors (Lipinski definition) is 8. The fraction of sp³-hybridized carbons (Fsp3) is 0.674. The quantitative estimate of drug-likeness (QED) is 0.0281. The average molecular weight is 1520 g/mol. The first-order valence-electron chi connectivity index (χ1n) is 43.9. The van der Waals surface area contributed by atoms with Crippen LogP contribution in [0.4, 0.5) is 0 Å². The summed E-state index contributed by atoms with van der Waals surface area (Å²) in [6.07, 6.45) is 57.1. The lowest BCUT2D eigenvalue weighted by Gasteiger charge is -2.29. The maximum atomic E-state index is 16.4. The summed E-state index contributed by atoms with van der Waals surface area (Å²) in [7, 11) is 0. The van der Waals surface area contributed by atoms with Crippen LogP contribution in [-0.4, -0.2) is 55.6 Å². The molecule has 0 N–H and O–H groups in total. The zero-order valence-electron chi connectivity index (χ0n) is 69.2. The normalized spacial score (nSPS) is 14.3. The van der Waals surface area contributed by atoms with Gasteiger partial charge >= 0.3 is 0 Å². The molecule has 4 aromatic heterocycles. The van der Waals surface area contributed by atoms with E-state index in [9.17, 15) is 0 Å². The highest BCUT2D eigenvalue weighted by atomic mass is 32.2. The molecule has 2 aliphatic heterocycles. The molecule has 0 bridgehead atoms. The molecule has 588 valence electrons. The van der Waals surface area contributed by atoms with Gasteiger partial charge in [0.2, 0.25) is 0 Å². The Hall–Kier alpha value is -4.42.